The summed E-state index contributed by atoms with van der Waals surface area (Å²) in [6.07, 6.45) is 6.18. The normalized spacial score (nSPS) is 17.5. The molecular formula is C20H30N6O2. The van der Waals surface area contributed by atoms with Gasteiger partial charge in [0.1, 0.15) is 11.4 Å². The monoisotopic (exact) mass is 386 g/mol. The number of carbonyl (C=O) groups excluding carboxylic acids is 1. The second-order valence-electron chi connectivity index (χ2n) is 8.31. The summed E-state index contributed by atoms with van der Waals surface area (Å²) in [6.45, 7) is 10.9. The number of aryl methyl sites for hydroxylation is 2. The van der Waals surface area contributed by atoms with E-state index >= 15 is 0 Å². The Morgan fingerprint density at radius 2 is 2.07 bits per heavy atom. The molecule has 2 aromatic rings. The standard InChI is InChI=1S/C20H30N6O2/c1-14-10-15(2)26(24-14)18-13-21-12-17(23-18)22-11-16-8-6-7-9-25(16)19(27)28-20(3,4)5/h10,12-13,16H,6-9,11H2,1-5H3,(H,22,23). The highest BCUT2D eigenvalue weighted by Gasteiger charge is 2.30. The SMILES string of the molecule is Cc1cc(C)n(-c2cncc(NCC3CCCCN3C(=O)OC(C)(C)C)n2)n1. The van der Waals surface area contributed by atoms with E-state index in [4.69, 9.17) is 4.74 Å². The summed E-state index contributed by atoms with van der Waals surface area (Å²) in [6, 6.07) is 2.07. The van der Waals surface area contributed by atoms with Gasteiger partial charge in [0.2, 0.25) is 0 Å². The average molecular weight is 387 g/mol. The van der Waals surface area contributed by atoms with Crippen molar-refractivity contribution < 1.29 is 9.53 Å². The molecule has 1 unspecified atom stereocenters. The molecule has 2 aromatic heterocycles. The lowest BCUT2D eigenvalue weighted by molar-refractivity contribution is 0.0114. The van der Waals surface area contributed by atoms with Crippen molar-refractivity contribution in [1.29, 1.82) is 0 Å². The summed E-state index contributed by atoms with van der Waals surface area (Å²) in [5, 5.41) is 7.79. The lowest BCUT2D eigenvalue weighted by atomic mass is 10.0. The minimum atomic E-state index is -0.494. The van der Waals surface area contributed by atoms with Crippen LogP contribution < -0.4 is 5.32 Å². The summed E-state index contributed by atoms with van der Waals surface area (Å²) in [4.78, 5) is 23.3. The molecule has 0 saturated carbocycles. The van der Waals surface area contributed by atoms with Gasteiger partial charge in [-0.15, -0.1) is 0 Å². The number of likely N-dealkylation sites (tertiary alicyclic amines) is 1. The number of aromatic nitrogens is 4. The van der Waals surface area contributed by atoms with Gasteiger partial charge in [-0.2, -0.15) is 5.10 Å². The largest absolute Gasteiger partial charge is 0.444 e. The minimum absolute atomic E-state index is 0.0720. The van der Waals surface area contributed by atoms with Gasteiger partial charge in [-0.25, -0.2) is 14.5 Å². The smallest absolute Gasteiger partial charge is 0.410 e. The Hall–Kier alpha value is -2.64. The Bertz CT molecular complexity index is 826. The lowest BCUT2D eigenvalue weighted by Crippen LogP contribution is -2.48. The van der Waals surface area contributed by atoms with E-state index in [1.54, 1.807) is 17.1 Å². The van der Waals surface area contributed by atoms with Crippen molar-refractivity contribution in [2.75, 3.05) is 18.4 Å². The van der Waals surface area contributed by atoms with Gasteiger partial charge in [-0.3, -0.25) is 4.98 Å². The molecule has 1 aliphatic rings. The van der Waals surface area contributed by atoms with Gasteiger partial charge < -0.3 is 15.0 Å². The Morgan fingerprint density at radius 1 is 1.29 bits per heavy atom. The number of nitrogens with one attached hydrogen (secondary N) is 1. The third kappa shape index (κ3) is 4.99. The second kappa shape index (κ2) is 8.16. The van der Waals surface area contributed by atoms with E-state index < -0.39 is 5.60 Å². The van der Waals surface area contributed by atoms with E-state index in [1.807, 2.05) is 45.6 Å². The molecule has 0 spiro atoms. The van der Waals surface area contributed by atoms with Crippen LogP contribution in [-0.2, 0) is 4.74 Å². The summed E-state index contributed by atoms with van der Waals surface area (Å²) in [5.74, 6) is 1.34. The molecule has 3 rings (SSSR count). The van der Waals surface area contributed by atoms with Crippen LogP contribution in [0.15, 0.2) is 18.5 Å². The van der Waals surface area contributed by atoms with Crippen molar-refractivity contribution in [3.8, 4) is 5.82 Å². The van der Waals surface area contributed by atoms with Crippen molar-refractivity contribution in [2.24, 2.45) is 0 Å². The Kier molecular flexibility index (Phi) is 5.86. The molecular weight excluding hydrogens is 356 g/mol. The van der Waals surface area contributed by atoms with Crippen LogP contribution in [0.5, 0.6) is 0 Å². The van der Waals surface area contributed by atoms with Gasteiger partial charge in [-0.1, -0.05) is 0 Å². The maximum Gasteiger partial charge on any atom is 0.410 e. The van der Waals surface area contributed by atoms with Gasteiger partial charge in [0.15, 0.2) is 5.82 Å². The van der Waals surface area contributed by atoms with Crippen molar-refractivity contribution in [3.63, 3.8) is 0 Å². The van der Waals surface area contributed by atoms with E-state index in [0.717, 1.165) is 37.2 Å². The van der Waals surface area contributed by atoms with E-state index in [1.165, 1.54) is 0 Å². The molecule has 152 valence electrons. The molecule has 1 amide bonds. The predicted octanol–water partition coefficient (Wildman–Crippen LogP) is 3.48. The first-order chi connectivity index (χ1) is 13.2. The van der Waals surface area contributed by atoms with Crippen LogP contribution in [0.1, 0.15) is 51.4 Å². The molecule has 8 nitrogen and oxygen atoms in total. The molecule has 1 atom stereocenters. The van der Waals surface area contributed by atoms with E-state index in [2.05, 4.69) is 20.4 Å². The maximum absolute atomic E-state index is 12.6. The molecule has 0 radical (unpaired) electrons. The number of nitrogens with zero attached hydrogens (tertiary/aromatic N) is 5. The number of hydrogen-bond acceptors (Lipinski definition) is 6. The van der Waals surface area contributed by atoms with Crippen LogP contribution in [-0.4, -0.2) is 55.5 Å². The van der Waals surface area contributed by atoms with Crippen molar-refractivity contribution in [3.05, 3.63) is 29.8 Å². The fourth-order valence-electron chi connectivity index (χ4n) is 3.40. The van der Waals surface area contributed by atoms with Crippen LogP contribution in [0.25, 0.3) is 5.82 Å². The van der Waals surface area contributed by atoms with Gasteiger partial charge >= 0.3 is 6.09 Å². The predicted molar refractivity (Wildman–Crippen MR) is 108 cm³/mol. The number of carbonyl (C=O) groups is 1. The van der Waals surface area contributed by atoms with Gasteiger partial charge in [0.25, 0.3) is 0 Å². The summed E-state index contributed by atoms with van der Waals surface area (Å²) in [5.41, 5.74) is 1.45. The van der Waals surface area contributed by atoms with E-state index in [9.17, 15) is 4.79 Å². The zero-order valence-corrected chi connectivity index (χ0v) is 17.4. The molecule has 1 aliphatic heterocycles. The van der Waals surface area contributed by atoms with Crippen molar-refractivity contribution >= 4 is 11.9 Å². The second-order valence-corrected chi connectivity index (χ2v) is 8.31. The number of rotatable bonds is 4. The molecule has 1 fully saturated rings. The quantitative estimate of drug-likeness (QED) is 0.866. The first-order valence-corrected chi connectivity index (χ1v) is 9.82. The summed E-state index contributed by atoms with van der Waals surface area (Å²) in [7, 11) is 0. The molecule has 0 bridgehead atoms. The molecule has 1 saturated heterocycles. The van der Waals surface area contributed by atoms with Crippen LogP contribution in [0.4, 0.5) is 10.6 Å². The Balaban J connectivity index is 1.67. The molecule has 1 N–H and O–H groups in total. The third-order valence-corrected chi connectivity index (χ3v) is 4.62. The van der Waals surface area contributed by atoms with Gasteiger partial charge in [0.05, 0.1) is 24.1 Å². The Labute approximate surface area is 166 Å². The zero-order chi connectivity index (χ0) is 20.3. The number of piperidine rings is 1. The first-order valence-electron chi connectivity index (χ1n) is 9.82. The zero-order valence-electron chi connectivity index (χ0n) is 17.4. The molecule has 0 aliphatic carbocycles. The Morgan fingerprint density at radius 3 is 2.75 bits per heavy atom. The van der Waals surface area contributed by atoms with Crippen LogP contribution in [0.3, 0.4) is 0 Å². The van der Waals surface area contributed by atoms with Crippen LogP contribution in [0.2, 0.25) is 0 Å². The number of hydrogen-bond donors (Lipinski definition) is 1. The van der Waals surface area contributed by atoms with Gasteiger partial charge in [-0.05, 0) is 59.9 Å². The summed E-state index contributed by atoms with van der Waals surface area (Å²) < 4.78 is 7.35. The molecule has 8 heteroatoms. The van der Waals surface area contributed by atoms with Crippen LogP contribution in [0, 0.1) is 13.8 Å². The van der Waals surface area contributed by atoms with Crippen molar-refractivity contribution in [1.82, 2.24) is 24.6 Å². The number of amides is 1. The lowest BCUT2D eigenvalue weighted by Gasteiger charge is -2.36. The molecule has 0 aromatic carbocycles. The fraction of sp³-hybridized carbons (Fsp3) is 0.600. The fourth-order valence-corrected chi connectivity index (χ4v) is 3.40. The highest BCUT2D eigenvalue weighted by Crippen LogP contribution is 2.21. The minimum Gasteiger partial charge on any atom is -0.444 e. The molecule has 28 heavy (non-hydrogen) atoms. The highest BCUT2D eigenvalue weighted by atomic mass is 16.6. The highest BCUT2D eigenvalue weighted by molar-refractivity contribution is 5.68. The average Bonchev–Trinajstić information content (AvgIpc) is 2.97. The third-order valence-electron chi connectivity index (χ3n) is 4.62. The summed E-state index contributed by atoms with van der Waals surface area (Å²) >= 11 is 0. The van der Waals surface area contributed by atoms with E-state index in [-0.39, 0.29) is 12.1 Å². The van der Waals surface area contributed by atoms with E-state index in [0.29, 0.717) is 18.2 Å². The van der Waals surface area contributed by atoms with Crippen LogP contribution >= 0.6 is 0 Å². The van der Waals surface area contributed by atoms with Crippen molar-refractivity contribution in [2.45, 2.75) is 65.5 Å². The first kappa shape index (κ1) is 20.1. The topological polar surface area (TPSA) is 85.2 Å². The number of anilines is 1. The molecule has 3 heterocycles. The van der Waals surface area contributed by atoms with Gasteiger partial charge in [0, 0.05) is 18.8 Å². The maximum atomic E-state index is 12.6. The number of ether oxygens (including phenoxy) is 1.